The number of hydrogen-bond acceptors (Lipinski definition) is 4. The van der Waals surface area contributed by atoms with Gasteiger partial charge in [0.1, 0.15) is 5.52 Å². The van der Waals surface area contributed by atoms with Crippen molar-refractivity contribution in [3.8, 4) is 0 Å². The highest BCUT2D eigenvalue weighted by molar-refractivity contribution is 6.04. The average Bonchev–Trinajstić information content (AvgIpc) is 3.55. The first kappa shape index (κ1) is 21.4. The number of nitrogens with zero attached hydrogens (tertiary/aromatic N) is 2. The van der Waals surface area contributed by atoms with Crippen molar-refractivity contribution in [3.63, 3.8) is 0 Å². The SMILES string of the molecule is CCc1c[nH]cc1C(=O)NCC(NC(=O)c1cncc2[nH]cnc12)c1ccc2ccccc2c1. The van der Waals surface area contributed by atoms with E-state index >= 15 is 0 Å². The Bertz CT molecular complexity index is 1490. The molecule has 1 atom stereocenters. The number of fused-ring (bicyclic) bond motifs is 2. The minimum absolute atomic E-state index is 0.186. The first-order valence-electron chi connectivity index (χ1n) is 11.1. The quantitative estimate of drug-likeness (QED) is 0.300. The maximum atomic E-state index is 13.3. The highest BCUT2D eigenvalue weighted by Gasteiger charge is 2.21. The van der Waals surface area contributed by atoms with E-state index in [1.165, 1.54) is 12.5 Å². The Morgan fingerprint density at radius 2 is 1.85 bits per heavy atom. The van der Waals surface area contributed by atoms with Gasteiger partial charge >= 0.3 is 0 Å². The summed E-state index contributed by atoms with van der Waals surface area (Å²) in [7, 11) is 0. The van der Waals surface area contributed by atoms with E-state index in [0.29, 0.717) is 22.2 Å². The topological polar surface area (TPSA) is 116 Å². The molecule has 0 fully saturated rings. The lowest BCUT2D eigenvalue weighted by atomic mass is 10.0. The van der Waals surface area contributed by atoms with E-state index in [9.17, 15) is 9.59 Å². The summed E-state index contributed by atoms with van der Waals surface area (Å²) in [5, 5.41) is 8.21. The predicted molar refractivity (Wildman–Crippen MR) is 131 cm³/mol. The summed E-state index contributed by atoms with van der Waals surface area (Å²) in [6.07, 6.45) is 8.94. The highest BCUT2D eigenvalue weighted by Crippen LogP contribution is 2.22. The van der Waals surface area contributed by atoms with Crippen molar-refractivity contribution >= 4 is 33.6 Å². The first-order chi connectivity index (χ1) is 16.6. The molecule has 0 spiro atoms. The van der Waals surface area contributed by atoms with E-state index in [1.54, 1.807) is 12.4 Å². The van der Waals surface area contributed by atoms with Crippen molar-refractivity contribution in [2.75, 3.05) is 6.54 Å². The molecule has 2 amide bonds. The number of aromatic amines is 2. The van der Waals surface area contributed by atoms with Crippen molar-refractivity contribution in [1.82, 2.24) is 30.6 Å². The molecule has 0 radical (unpaired) electrons. The lowest BCUT2D eigenvalue weighted by molar-refractivity contribution is 0.0909. The number of carbonyl (C=O) groups excluding carboxylic acids is 2. The molecule has 5 rings (SSSR count). The van der Waals surface area contributed by atoms with Crippen LogP contribution in [0.3, 0.4) is 0 Å². The second-order valence-corrected chi connectivity index (χ2v) is 8.08. The summed E-state index contributed by atoms with van der Waals surface area (Å²) in [5.74, 6) is -0.497. The van der Waals surface area contributed by atoms with E-state index in [4.69, 9.17) is 0 Å². The van der Waals surface area contributed by atoms with E-state index in [2.05, 4.69) is 30.6 Å². The molecule has 0 bridgehead atoms. The van der Waals surface area contributed by atoms with Gasteiger partial charge < -0.3 is 20.6 Å². The Balaban J connectivity index is 1.44. The number of benzene rings is 2. The number of hydrogen-bond donors (Lipinski definition) is 4. The molecular formula is C26H24N6O2. The fourth-order valence-electron chi connectivity index (χ4n) is 4.13. The molecule has 5 aromatic rings. The number of carbonyl (C=O) groups is 2. The molecule has 0 aliphatic heterocycles. The number of amides is 2. The Kier molecular flexibility index (Phi) is 5.78. The van der Waals surface area contributed by atoms with Crippen molar-refractivity contribution in [2.24, 2.45) is 0 Å². The molecule has 0 saturated carbocycles. The predicted octanol–water partition coefficient (Wildman–Crippen LogP) is 3.90. The number of pyridine rings is 1. The maximum Gasteiger partial charge on any atom is 0.255 e. The fraction of sp³-hybridized carbons (Fsp3) is 0.154. The third kappa shape index (κ3) is 4.13. The van der Waals surface area contributed by atoms with Crippen LogP contribution in [-0.4, -0.2) is 38.3 Å². The van der Waals surface area contributed by atoms with Gasteiger partial charge in [0.05, 0.1) is 35.2 Å². The number of aryl methyl sites for hydroxylation is 1. The van der Waals surface area contributed by atoms with Gasteiger partial charge in [-0.15, -0.1) is 0 Å². The minimum Gasteiger partial charge on any atom is -0.367 e. The van der Waals surface area contributed by atoms with Crippen molar-refractivity contribution in [2.45, 2.75) is 19.4 Å². The minimum atomic E-state index is -0.459. The fourth-order valence-corrected chi connectivity index (χ4v) is 4.13. The van der Waals surface area contributed by atoms with Gasteiger partial charge in [-0.05, 0) is 34.4 Å². The number of nitrogens with one attached hydrogen (secondary N) is 4. The zero-order valence-corrected chi connectivity index (χ0v) is 18.6. The van der Waals surface area contributed by atoms with Gasteiger partial charge in [0.25, 0.3) is 11.8 Å². The van der Waals surface area contributed by atoms with Crippen LogP contribution in [0.4, 0.5) is 0 Å². The summed E-state index contributed by atoms with van der Waals surface area (Å²) in [5.41, 5.74) is 4.04. The molecule has 2 aromatic carbocycles. The molecular weight excluding hydrogens is 428 g/mol. The van der Waals surface area contributed by atoms with Crippen molar-refractivity contribution in [3.05, 3.63) is 95.8 Å². The molecule has 8 heteroatoms. The zero-order valence-electron chi connectivity index (χ0n) is 18.6. The van der Waals surface area contributed by atoms with Crippen molar-refractivity contribution in [1.29, 1.82) is 0 Å². The van der Waals surface area contributed by atoms with Crippen LogP contribution >= 0.6 is 0 Å². The normalized spacial score (nSPS) is 12.0. The standard InChI is InChI=1S/C26H24N6O2/c1-2-16-10-27-11-20(16)25(33)29-14-22(19-8-7-17-5-3-4-6-18(17)9-19)32-26(34)21-12-28-13-23-24(21)31-15-30-23/h3-13,15,22,27H,2,14H2,1H3,(H,29,33)(H,30,31)(H,32,34). The van der Waals surface area contributed by atoms with Crippen LogP contribution in [0.1, 0.15) is 44.8 Å². The van der Waals surface area contributed by atoms with Gasteiger partial charge in [-0.25, -0.2) is 4.98 Å². The summed E-state index contributed by atoms with van der Waals surface area (Å²) >= 11 is 0. The van der Waals surface area contributed by atoms with E-state index in [1.807, 2.05) is 55.6 Å². The Morgan fingerprint density at radius 3 is 2.71 bits per heavy atom. The van der Waals surface area contributed by atoms with Crippen LogP contribution in [0.25, 0.3) is 21.8 Å². The van der Waals surface area contributed by atoms with Gasteiger partial charge in [-0.1, -0.05) is 43.3 Å². The number of H-pyrrole nitrogens is 2. The molecule has 3 aromatic heterocycles. The lowest BCUT2D eigenvalue weighted by Crippen LogP contribution is -2.38. The van der Waals surface area contributed by atoms with Gasteiger partial charge in [-0.2, -0.15) is 0 Å². The van der Waals surface area contributed by atoms with E-state index in [0.717, 1.165) is 28.3 Å². The van der Waals surface area contributed by atoms with Gasteiger partial charge in [0.2, 0.25) is 0 Å². The van der Waals surface area contributed by atoms with Crippen LogP contribution in [0, 0.1) is 0 Å². The molecule has 1 unspecified atom stereocenters. The van der Waals surface area contributed by atoms with Crippen LogP contribution in [-0.2, 0) is 6.42 Å². The number of rotatable bonds is 7. The molecule has 3 heterocycles. The van der Waals surface area contributed by atoms with Crippen LogP contribution < -0.4 is 10.6 Å². The highest BCUT2D eigenvalue weighted by atomic mass is 16.2. The largest absolute Gasteiger partial charge is 0.367 e. The first-order valence-corrected chi connectivity index (χ1v) is 11.1. The molecule has 8 nitrogen and oxygen atoms in total. The zero-order chi connectivity index (χ0) is 23.5. The third-order valence-corrected chi connectivity index (χ3v) is 5.98. The van der Waals surface area contributed by atoms with Gasteiger partial charge in [-0.3, -0.25) is 14.6 Å². The molecule has 34 heavy (non-hydrogen) atoms. The van der Waals surface area contributed by atoms with E-state index < -0.39 is 6.04 Å². The molecule has 0 aliphatic rings. The smallest absolute Gasteiger partial charge is 0.255 e. The summed E-state index contributed by atoms with van der Waals surface area (Å²) in [4.78, 5) is 40.5. The van der Waals surface area contributed by atoms with Gasteiger partial charge in [0, 0.05) is 25.1 Å². The molecule has 4 N–H and O–H groups in total. The summed E-state index contributed by atoms with van der Waals surface area (Å²) < 4.78 is 0. The van der Waals surface area contributed by atoms with Crippen LogP contribution in [0.15, 0.2) is 73.6 Å². The van der Waals surface area contributed by atoms with Gasteiger partial charge in [0.15, 0.2) is 0 Å². The van der Waals surface area contributed by atoms with Crippen LogP contribution in [0.5, 0.6) is 0 Å². The monoisotopic (exact) mass is 452 g/mol. The third-order valence-electron chi connectivity index (χ3n) is 5.98. The van der Waals surface area contributed by atoms with Crippen molar-refractivity contribution < 1.29 is 9.59 Å². The maximum absolute atomic E-state index is 13.3. The summed E-state index contributed by atoms with van der Waals surface area (Å²) in [6, 6.07) is 13.6. The number of aromatic nitrogens is 4. The molecule has 170 valence electrons. The Morgan fingerprint density at radius 1 is 1.00 bits per heavy atom. The lowest BCUT2D eigenvalue weighted by Gasteiger charge is -2.21. The molecule has 0 aliphatic carbocycles. The second kappa shape index (κ2) is 9.19. The Hall–Kier alpha value is -4.46. The average molecular weight is 453 g/mol. The Labute approximate surface area is 195 Å². The van der Waals surface area contributed by atoms with E-state index in [-0.39, 0.29) is 18.4 Å². The second-order valence-electron chi connectivity index (χ2n) is 8.08. The molecule has 0 saturated heterocycles. The number of imidazole rings is 1. The summed E-state index contributed by atoms with van der Waals surface area (Å²) in [6.45, 7) is 2.23. The van der Waals surface area contributed by atoms with Crippen LogP contribution in [0.2, 0.25) is 0 Å².